The number of rotatable bonds is 9. The smallest absolute Gasteiger partial charge is 0.255 e. The van der Waals surface area contributed by atoms with E-state index < -0.39 is 0 Å². The summed E-state index contributed by atoms with van der Waals surface area (Å²) in [4.78, 5) is 28.6. The summed E-state index contributed by atoms with van der Waals surface area (Å²) in [5, 5.41) is 14.7. The fourth-order valence-electron chi connectivity index (χ4n) is 3.07. The van der Waals surface area contributed by atoms with Gasteiger partial charge in [-0.25, -0.2) is 4.98 Å². The van der Waals surface area contributed by atoms with Crippen LogP contribution >= 0.6 is 11.6 Å². The van der Waals surface area contributed by atoms with E-state index in [1.165, 1.54) is 6.92 Å². The second-order valence-corrected chi connectivity index (χ2v) is 7.40. The lowest BCUT2D eigenvalue weighted by atomic mass is 10.1. The Morgan fingerprint density at radius 1 is 1.19 bits per heavy atom. The number of furan rings is 1. The van der Waals surface area contributed by atoms with Gasteiger partial charge in [-0.3, -0.25) is 9.59 Å². The lowest BCUT2D eigenvalue weighted by molar-refractivity contribution is -0.114. The van der Waals surface area contributed by atoms with Crippen molar-refractivity contribution >= 4 is 29.2 Å². The van der Waals surface area contributed by atoms with Crippen LogP contribution in [0.5, 0.6) is 0 Å². The lowest BCUT2D eigenvalue weighted by Crippen LogP contribution is -2.27. The molecule has 0 unspecified atom stereocenters. The summed E-state index contributed by atoms with van der Waals surface area (Å²) in [5.74, 6) is 0.550. The number of nitrogens with one attached hydrogen (secondary N) is 2. The molecule has 9 heteroatoms. The van der Waals surface area contributed by atoms with Crippen molar-refractivity contribution < 1.29 is 23.8 Å². The number of aromatic nitrogens is 1. The number of aliphatic hydroxyl groups excluding tert-OH is 1. The molecule has 0 aliphatic rings. The Bertz CT molecular complexity index is 1110. The number of hydrogen-bond donors (Lipinski definition) is 3. The van der Waals surface area contributed by atoms with E-state index in [1.807, 2.05) is 6.92 Å². The largest absolute Gasteiger partial charge is 0.455 e. The number of halogens is 1. The summed E-state index contributed by atoms with van der Waals surface area (Å²) >= 11 is 6.37. The number of nitrogens with zero attached hydrogens (tertiary/aromatic N) is 1. The highest BCUT2D eigenvalue weighted by atomic mass is 35.5. The van der Waals surface area contributed by atoms with Crippen molar-refractivity contribution in [1.82, 2.24) is 10.3 Å². The summed E-state index contributed by atoms with van der Waals surface area (Å²) < 4.78 is 11.3. The molecule has 2 amide bonds. The van der Waals surface area contributed by atoms with Crippen LogP contribution in [-0.4, -0.2) is 48.3 Å². The molecule has 3 rings (SSSR count). The van der Waals surface area contributed by atoms with E-state index in [-0.39, 0.29) is 38.2 Å². The summed E-state index contributed by atoms with van der Waals surface area (Å²) in [7, 11) is 0. The van der Waals surface area contributed by atoms with E-state index in [4.69, 9.17) is 25.9 Å². The van der Waals surface area contributed by atoms with Gasteiger partial charge in [0, 0.05) is 30.8 Å². The minimum absolute atomic E-state index is 0.0819. The van der Waals surface area contributed by atoms with Gasteiger partial charge < -0.3 is 24.9 Å². The molecule has 0 spiro atoms. The van der Waals surface area contributed by atoms with Gasteiger partial charge in [0.25, 0.3) is 5.91 Å². The van der Waals surface area contributed by atoms with E-state index in [1.54, 1.807) is 42.6 Å². The highest BCUT2D eigenvalue weighted by Gasteiger charge is 2.22. The Labute approximate surface area is 190 Å². The third-order valence-electron chi connectivity index (χ3n) is 4.54. The minimum Gasteiger partial charge on any atom is -0.455 e. The molecular formula is C23H24ClN3O5. The van der Waals surface area contributed by atoms with Crippen molar-refractivity contribution in [2.24, 2.45) is 0 Å². The first-order valence-corrected chi connectivity index (χ1v) is 10.4. The quantitative estimate of drug-likeness (QED) is 0.422. The molecule has 32 heavy (non-hydrogen) atoms. The molecule has 1 aromatic carbocycles. The van der Waals surface area contributed by atoms with Crippen molar-refractivity contribution in [3.8, 4) is 22.6 Å². The average Bonchev–Trinajstić information content (AvgIpc) is 3.20. The number of aryl methyl sites for hydroxylation is 1. The minimum atomic E-state index is -0.351. The number of pyridine rings is 1. The summed E-state index contributed by atoms with van der Waals surface area (Å²) in [5.41, 5.74) is 2.38. The molecular weight excluding hydrogens is 434 g/mol. The second kappa shape index (κ2) is 10.9. The molecule has 2 aromatic heterocycles. The van der Waals surface area contributed by atoms with Crippen molar-refractivity contribution in [1.29, 1.82) is 0 Å². The van der Waals surface area contributed by atoms with E-state index in [0.717, 1.165) is 5.56 Å². The van der Waals surface area contributed by atoms with Gasteiger partial charge in [0.2, 0.25) is 5.91 Å². The number of ether oxygens (including phenoxy) is 1. The maximum Gasteiger partial charge on any atom is 0.255 e. The van der Waals surface area contributed by atoms with Crippen LogP contribution in [0.4, 0.5) is 5.82 Å². The third kappa shape index (κ3) is 5.73. The number of carbonyl (C=O) groups is 2. The highest BCUT2D eigenvalue weighted by molar-refractivity contribution is 6.33. The third-order valence-corrected chi connectivity index (χ3v) is 4.87. The molecule has 0 saturated carbocycles. The van der Waals surface area contributed by atoms with Crippen molar-refractivity contribution in [2.75, 3.05) is 31.7 Å². The zero-order valence-corrected chi connectivity index (χ0v) is 18.5. The predicted molar refractivity (Wildman–Crippen MR) is 122 cm³/mol. The zero-order valence-electron chi connectivity index (χ0n) is 17.8. The Morgan fingerprint density at radius 3 is 2.69 bits per heavy atom. The molecule has 3 aromatic rings. The number of benzene rings is 1. The standard InChI is InChI=1S/C23H24ClN3O5/c1-14-13-26-21(27-15(2)29)12-17(14)20-11-18(23(30)25-7-9-31-10-8-28)22(32-20)16-5-3-4-6-19(16)24/h3-6,11-13,28H,7-10H2,1-2H3,(H,25,30)(H,26,27,29). The highest BCUT2D eigenvalue weighted by Crippen LogP contribution is 2.37. The van der Waals surface area contributed by atoms with E-state index in [9.17, 15) is 9.59 Å². The molecule has 3 N–H and O–H groups in total. The Morgan fingerprint density at radius 2 is 1.97 bits per heavy atom. The van der Waals surface area contributed by atoms with Gasteiger partial charge >= 0.3 is 0 Å². The summed E-state index contributed by atoms with van der Waals surface area (Å²) in [6.45, 7) is 3.91. The summed E-state index contributed by atoms with van der Waals surface area (Å²) in [6.07, 6.45) is 1.62. The second-order valence-electron chi connectivity index (χ2n) is 6.99. The molecule has 0 saturated heterocycles. The van der Waals surface area contributed by atoms with E-state index >= 15 is 0 Å². The van der Waals surface area contributed by atoms with Gasteiger partial charge in [0.15, 0.2) is 0 Å². The molecule has 0 aliphatic heterocycles. The van der Waals surface area contributed by atoms with Crippen LogP contribution in [-0.2, 0) is 9.53 Å². The van der Waals surface area contributed by atoms with Crippen LogP contribution in [0, 0.1) is 6.92 Å². The molecule has 2 heterocycles. The normalized spacial score (nSPS) is 10.8. The van der Waals surface area contributed by atoms with Crippen molar-refractivity contribution in [2.45, 2.75) is 13.8 Å². The molecule has 0 fully saturated rings. The fourth-order valence-corrected chi connectivity index (χ4v) is 3.30. The van der Waals surface area contributed by atoms with Crippen LogP contribution < -0.4 is 10.6 Å². The van der Waals surface area contributed by atoms with Gasteiger partial charge in [0.05, 0.1) is 30.4 Å². The molecule has 0 radical (unpaired) electrons. The fraction of sp³-hybridized carbons (Fsp3) is 0.261. The Kier molecular flexibility index (Phi) is 7.99. The first kappa shape index (κ1) is 23.5. The van der Waals surface area contributed by atoms with Crippen LogP contribution in [0.15, 0.2) is 47.0 Å². The van der Waals surface area contributed by atoms with Crippen LogP contribution in [0.25, 0.3) is 22.6 Å². The van der Waals surface area contributed by atoms with E-state index in [0.29, 0.717) is 39.1 Å². The number of carbonyl (C=O) groups excluding carboxylic acids is 2. The SMILES string of the molecule is CC(=O)Nc1cc(-c2cc(C(=O)NCCOCCO)c(-c3ccccc3Cl)o2)c(C)cn1. The van der Waals surface area contributed by atoms with Gasteiger partial charge in [-0.2, -0.15) is 0 Å². The number of amides is 2. The average molecular weight is 458 g/mol. The van der Waals surface area contributed by atoms with Crippen LogP contribution in [0.3, 0.4) is 0 Å². The molecule has 8 nitrogen and oxygen atoms in total. The topological polar surface area (TPSA) is 114 Å². The lowest BCUT2D eigenvalue weighted by Gasteiger charge is -2.07. The zero-order chi connectivity index (χ0) is 23.1. The number of hydrogen-bond acceptors (Lipinski definition) is 6. The van der Waals surface area contributed by atoms with E-state index in [2.05, 4.69) is 15.6 Å². The van der Waals surface area contributed by atoms with Gasteiger partial charge in [0.1, 0.15) is 17.3 Å². The van der Waals surface area contributed by atoms with Crippen molar-refractivity contribution in [3.63, 3.8) is 0 Å². The van der Waals surface area contributed by atoms with Crippen molar-refractivity contribution in [3.05, 3.63) is 58.7 Å². The van der Waals surface area contributed by atoms with Gasteiger partial charge in [-0.1, -0.05) is 23.7 Å². The maximum atomic E-state index is 12.9. The first-order valence-electron chi connectivity index (χ1n) is 10.0. The predicted octanol–water partition coefficient (Wildman–Crippen LogP) is 3.67. The Balaban J connectivity index is 1.99. The molecule has 168 valence electrons. The molecule has 0 aliphatic carbocycles. The molecule has 0 atom stereocenters. The maximum absolute atomic E-state index is 12.9. The Hall–Kier alpha value is -3.20. The first-order chi connectivity index (χ1) is 15.4. The molecule has 0 bridgehead atoms. The van der Waals surface area contributed by atoms with Crippen LogP contribution in [0.2, 0.25) is 5.02 Å². The van der Waals surface area contributed by atoms with Gasteiger partial charge in [-0.15, -0.1) is 0 Å². The van der Waals surface area contributed by atoms with Gasteiger partial charge in [-0.05, 0) is 36.8 Å². The monoisotopic (exact) mass is 457 g/mol. The number of aliphatic hydroxyl groups is 1. The summed E-state index contributed by atoms with van der Waals surface area (Å²) in [6, 6.07) is 10.4. The number of anilines is 1. The van der Waals surface area contributed by atoms with Crippen LogP contribution in [0.1, 0.15) is 22.8 Å².